The first-order chi connectivity index (χ1) is 13.5. The predicted molar refractivity (Wildman–Crippen MR) is 115 cm³/mol. The van der Waals surface area contributed by atoms with E-state index in [0.717, 1.165) is 28.6 Å². The smallest absolute Gasteiger partial charge is 0.336 e. The van der Waals surface area contributed by atoms with Crippen LogP contribution < -0.4 is 5.43 Å². The molecule has 1 aliphatic heterocycles. The molecule has 152 valence electrons. The van der Waals surface area contributed by atoms with Crippen molar-refractivity contribution in [2.45, 2.75) is 51.7 Å². The molecule has 2 atom stereocenters. The molecule has 2 amide bonds. The Balaban J connectivity index is 1.87. The molecule has 2 aromatic rings. The van der Waals surface area contributed by atoms with E-state index in [9.17, 15) is 9.90 Å². The summed E-state index contributed by atoms with van der Waals surface area (Å²) in [5.74, 6) is 0.474. The van der Waals surface area contributed by atoms with Crippen LogP contribution in [0.25, 0.3) is 10.9 Å². The van der Waals surface area contributed by atoms with Gasteiger partial charge in [-0.15, -0.1) is 0 Å². The number of aromatic nitrogens is 1. The minimum absolute atomic E-state index is 0.00170. The molecule has 2 heterocycles. The van der Waals surface area contributed by atoms with Crippen LogP contribution in [0.1, 0.15) is 49.3 Å². The molecule has 0 bridgehead atoms. The number of carbonyl (C=O) groups excluding carboxylic acids is 1. The fourth-order valence-electron chi connectivity index (χ4n) is 5.01. The maximum atomic E-state index is 12.7. The van der Waals surface area contributed by atoms with Crippen LogP contribution in [0, 0.1) is 0 Å². The number of nitrogens with zero attached hydrogens (tertiary/aromatic N) is 3. The van der Waals surface area contributed by atoms with E-state index in [1.807, 2.05) is 24.6 Å². The van der Waals surface area contributed by atoms with E-state index in [1.54, 1.807) is 4.90 Å². The fourth-order valence-corrected chi connectivity index (χ4v) is 5.65. The molecule has 0 saturated carbocycles. The fraction of sp³-hybridized carbons (Fsp3) is 0.571. The zero-order valence-corrected chi connectivity index (χ0v) is 18.4. The van der Waals surface area contributed by atoms with Gasteiger partial charge in [0.1, 0.15) is 4.60 Å². The molecular formula is C21H29BrN4O2. The Labute approximate surface area is 174 Å². The first kappa shape index (κ1) is 19.7. The Hall–Kier alpha value is -1.57. The second-order valence-electron chi connectivity index (χ2n) is 7.93. The molecule has 1 aliphatic carbocycles. The number of carbonyl (C=O) groups is 1. The standard InChI is InChI=1S/C21H29BrN4O2/c1-4-25(5-2)21(28)23-26-18-10-13(12-27)9-15-14-7-6-8-24(3)17(14)11-16(19(15)18)20(26)22/h9-10,14,17,27H,4-8,11-12H2,1-3H3,(H,23,28)/t14-,17-/m1/s1. The SMILES string of the molecule is CCN(CC)C(=O)Nn1c(Br)c2c3c(cc(CO)cc31)[C@H]1CCCN(C)[C@@H]1C2. The number of aliphatic hydroxyl groups excluding tert-OH is 1. The lowest BCUT2D eigenvalue weighted by molar-refractivity contribution is 0.156. The zero-order chi connectivity index (χ0) is 20.0. The van der Waals surface area contributed by atoms with Crippen molar-refractivity contribution in [2.75, 3.05) is 32.1 Å². The van der Waals surface area contributed by atoms with E-state index in [1.165, 1.54) is 29.4 Å². The van der Waals surface area contributed by atoms with E-state index in [-0.39, 0.29) is 12.6 Å². The molecule has 1 aromatic carbocycles. The largest absolute Gasteiger partial charge is 0.392 e. The maximum absolute atomic E-state index is 12.7. The number of nitrogens with one attached hydrogen (secondary N) is 1. The lowest BCUT2D eigenvalue weighted by Crippen LogP contribution is -2.44. The Morgan fingerprint density at radius 2 is 2.11 bits per heavy atom. The van der Waals surface area contributed by atoms with Crippen LogP contribution in [0.2, 0.25) is 0 Å². The van der Waals surface area contributed by atoms with Gasteiger partial charge >= 0.3 is 6.03 Å². The highest BCUT2D eigenvalue weighted by molar-refractivity contribution is 9.10. The Morgan fingerprint density at radius 3 is 2.79 bits per heavy atom. The quantitative estimate of drug-likeness (QED) is 0.750. The van der Waals surface area contributed by atoms with Crippen molar-refractivity contribution in [1.29, 1.82) is 0 Å². The molecule has 28 heavy (non-hydrogen) atoms. The van der Waals surface area contributed by atoms with Crippen LogP contribution in [0.3, 0.4) is 0 Å². The van der Waals surface area contributed by atoms with Gasteiger partial charge in [0.2, 0.25) is 0 Å². The number of likely N-dealkylation sites (N-methyl/N-ethyl adjacent to an activating group) is 1. The number of urea groups is 1. The minimum atomic E-state index is -0.112. The Kier molecular flexibility index (Phi) is 5.42. The highest BCUT2D eigenvalue weighted by Gasteiger charge is 2.38. The molecule has 4 rings (SSSR count). The molecule has 0 radical (unpaired) electrons. The van der Waals surface area contributed by atoms with Crippen molar-refractivity contribution < 1.29 is 9.90 Å². The summed E-state index contributed by atoms with van der Waals surface area (Å²) >= 11 is 3.78. The number of likely N-dealkylation sites (tertiary alicyclic amines) is 1. The van der Waals surface area contributed by atoms with Crippen molar-refractivity contribution in [1.82, 2.24) is 14.5 Å². The summed E-state index contributed by atoms with van der Waals surface area (Å²) in [7, 11) is 2.21. The topological polar surface area (TPSA) is 60.7 Å². The highest BCUT2D eigenvalue weighted by Crippen LogP contribution is 2.46. The predicted octanol–water partition coefficient (Wildman–Crippen LogP) is 3.64. The van der Waals surface area contributed by atoms with Gasteiger partial charge in [-0.3, -0.25) is 0 Å². The van der Waals surface area contributed by atoms with Gasteiger partial charge in [-0.2, -0.15) is 0 Å². The van der Waals surface area contributed by atoms with Crippen molar-refractivity contribution in [3.05, 3.63) is 33.4 Å². The second kappa shape index (κ2) is 7.69. The second-order valence-corrected chi connectivity index (χ2v) is 8.68. The number of rotatable bonds is 4. The van der Waals surface area contributed by atoms with Crippen LogP contribution >= 0.6 is 15.9 Å². The van der Waals surface area contributed by atoms with Crippen LogP contribution in [0.5, 0.6) is 0 Å². The summed E-state index contributed by atoms with van der Waals surface area (Å²) < 4.78 is 2.78. The lowest BCUT2D eigenvalue weighted by atomic mass is 9.75. The molecular weight excluding hydrogens is 420 g/mol. The number of hydrogen-bond acceptors (Lipinski definition) is 3. The number of fused-ring (bicyclic) bond motifs is 2. The van der Waals surface area contributed by atoms with E-state index in [2.05, 4.69) is 39.4 Å². The molecule has 0 unspecified atom stereocenters. The summed E-state index contributed by atoms with van der Waals surface area (Å²) in [4.78, 5) is 17.0. The molecule has 1 fully saturated rings. The Bertz CT molecular complexity index is 906. The summed E-state index contributed by atoms with van der Waals surface area (Å²) in [6.45, 7) is 6.40. The average Bonchev–Trinajstić information content (AvgIpc) is 2.96. The zero-order valence-electron chi connectivity index (χ0n) is 16.8. The summed E-state index contributed by atoms with van der Waals surface area (Å²) in [5.41, 5.74) is 7.50. The molecule has 6 nitrogen and oxygen atoms in total. The summed E-state index contributed by atoms with van der Waals surface area (Å²) in [6.07, 6.45) is 3.34. The number of hydrogen-bond donors (Lipinski definition) is 2. The van der Waals surface area contributed by atoms with Crippen molar-refractivity contribution >= 4 is 32.9 Å². The number of piperidine rings is 1. The third kappa shape index (κ3) is 3.04. The molecule has 7 heteroatoms. The maximum Gasteiger partial charge on any atom is 0.336 e. The van der Waals surface area contributed by atoms with Crippen LogP contribution in [0.15, 0.2) is 16.7 Å². The van der Waals surface area contributed by atoms with Crippen LogP contribution in [-0.4, -0.2) is 58.3 Å². The molecule has 1 aromatic heterocycles. The number of benzene rings is 1. The highest BCUT2D eigenvalue weighted by atomic mass is 79.9. The number of amides is 2. The molecule has 2 N–H and O–H groups in total. The third-order valence-corrected chi connectivity index (χ3v) is 7.34. The van der Waals surface area contributed by atoms with Gasteiger partial charge in [0.25, 0.3) is 0 Å². The van der Waals surface area contributed by atoms with Gasteiger partial charge in [-0.1, -0.05) is 6.07 Å². The summed E-state index contributed by atoms with van der Waals surface area (Å²) in [6, 6.07) is 4.52. The van der Waals surface area contributed by atoms with Crippen LogP contribution in [0.4, 0.5) is 4.79 Å². The molecule has 1 saturated heterocycles. The molecule has 0 spiro atoms. The van der Waals surface area contributed by atoms with Crippen molar-refractivity contribution in [3.8, 4) is 0 Å². The Morgan fingerprint density at radius 1 is 1.36 bits per heavy atom. The van der Waals surface area contributed by atoms with E-state index in [4.69, 9.17) is 0 Å². The number of halogens is 1. The van der Waals surface area contributed by atoms with E-state index in [0.29, 0.717) is 25.0 Å². The molecule has 2 aliphatic rings. The third-order valence-electron chi connectivity index (χ3n) is 6.51. The monoisotopic (exact) mass is 448 g/mol. The van der Waals surface area contributed by atoms with E-state index < -0.39 is 0 Å². The first-order valence-electron chi connectivity index (χ1n) is 10.2. The van der Waals surface area contributed by atoms with Crippen LogP contribution in [-0.2, 0) is 13.0 Å². The first-order valence-corrected chi connectivity index (χ1v) is 11.0. The van der Waals surface area contributed by atoms with Gasteiger partial charge in [-0.05, 0) is 85.4 Å². The van der Waals surface area contributed by atoms with Gasteiger partial charge in [0.05, 0.1) is 12.1 Å². The lowest BCUT2D eigenvalue weighted by Gasteiger charge is -2.42. The van der Waals surface area contributed by atoms with E-state index >= 15 is 0 Å². The average molecular weight is 449 g/mol. The van der Waals surface area contributed by atoms with Gasteiger partial charge in [-0.25, -0.2) is 14.9 Å². The van der Waals surface area contributed by atoms with Crippen molar-refractivity contribution in [3.63, 3.8) is 0 Å². The van der Waals surface area contributed by atoms with Gasteiger partial charge in [0.15, 0.2) is 0 Å². The van der Waals surface area contributed by atoms with Gasteiger partial charge < -0.3 is 14.9 Å². The summed E-state index contributed by atoms with van der Waals surface area (Å²) in [5, 5.41) is 11.1. The van der Waals surface area contributed by atoms with Crippen molar-refractivity contribution in [2.24, 2.45) is 0 Å². The van der Waals surface area contributed by atoms with Gasteiger partial charge in [0, 0.05) is 30.4 Å². The normalized spacial score (nSPS) is 21.6. The minimum Gasteiger partial charge on any atom is -0.392 e. The number of aliphatic hydroxyl groups is 1.